The highest BCUT2D eigenvalue weighted by Gasteiger charge is 2.43. The molecule has 1 spiro atoms. The summed E-state index contributed by atoms with van der Waals surface area (Å²) in [6, 6.07) is 3.75. The summed E-state index contributed by atoms with van der Waals surface area (Å²) in [6.45, 7) is 2.70. The summed E-state index contributed by atoms with van der Waals surface area (Å²) in [5, 5.41) is 3.33. The molecular formula is C11H15NO3. The van der Waals surface area contributed by atoms with Crippen molar-refractivity contribution in [2.75, 3.05) is 19.7 Å². The van der Waals surface area contributed by atoms with Crippen molar-refractivity contribution < 1.29 is 13.9 Å². The number of furan rings is 1. The molecule has 2 aliphatic rings. The number of ether oxygens (including phenoxy) is 2. The number of hydrogen-bond acceptors (Lipinski definition) is 4. The third kappa shape index (κ3) is 1.69. The maximum atomic E-state index is 5.98. The van der Waals surface area contributed by atoms with Crippen LogP contribution < -0.4 is 5.32 Å². The van der Waals surface area contributed by atoms with E-state index in [1.165, 1.54) is 0 Å². The topological polar surface area (TPSA) is 43.6 Å². The van der Waals surface area contributed by atoms with E-state index in [1.54, 1.807) is 6.26 Å². The highest BCUT2D eigenvalue weighted by atomic mass is 16.7. The molecule has 2 aliphatic heterocycles. The summed E-state index contributed by atoms with van der Waals surface area (Å²) < 4.78 is 16.9. The molecule has 0 aromatic carbocycles. The average Bonchev–Trinajstić information content (AvgIpc) is 2.88. The molecule has 82 valence electrons. The molecule has 4 nitrogen and oxygen atoms in total. The van der Waals surface area contributed by atoms with Gasteiger partial charge in [0.15, 0.2) is 5.76 Å². The molecular weight excluding hydrogens is 194 g/mol. The summed E-state index contributed by atoms with van der Waals surface area (Å²) in [7, 11) is 0. The van der Waals surface area contributed by atoms with Crippen LogP contribution in [0, 0.1) is 0 Å². The maximum Gasteiger partial charge on any atom is 0.217 e. The predicted molar refractivity (Wildman–Crippen MR) is 53.3 cm³/mol. The Labute approximate surface area is 88.5 Å². The molecule has 0 bridgehead atoms. The molecule has 0 amide bonds. The van der Waals surface area contributed by atoms with E-state index in [1.807, 2.05) is 12.1 Å². The fraction of sp³-hybridized carbons (Fsp3) is 0.636. The van der Waals surface area contributed by atoms with Crippen molar-refractivity contribution in [3.8, 4) is 0 Å². The van der Waals surface area contributed by atoms with E-state index in [0.29, 0.717) is 6.61 Å². The first-order valence-corrected chi connectivity index (χ1v) is 5.42. The first kappa shape index (κ1) is 9.39. The molecule has 1 unspecified atom stereocenters. The fourth-order valence-electron chi connectivity index (χ4n) is 2.23. The zero-order valence-corrected chi connectivity index (χ0v) is 8.57. The van der Waals surface area contributed by atoms with Crippen LogP contribution in [0.2, 0.25) is 0 Å². The molecule has 1 N–H and O–H groups in total. The smallest absolute Gasteiger partial charge is 0.217 e. The van der Waals surface area contributed by atoms with Gasteiger partial charge in [-0.25, -0.2) is 0 Å². The van der Waals surface area contributed by atoms with Gasteiger partial charge < -0.3 is 19.2 Å². The van der Waals surface area contributed by atoms with E-state index in [0.717, 1.165) is 31.7 Å². The molecule has 0 aliphatic carbocycles. The van der Waals surface area contributed by atoms with Gasteiger partial charge >= 0.3 is 0 Å². The molecule has 2 saturated heterocycles. The molecule has 3 heterocycles. The third-order valence-corrected chi connectivity index (χ3v) is 3.15. The molecule has 3 rings (SSSR count). The van der Waals surface area contributed by atoms with Crippen molar-refractivity contribution >= 4 is 0 Å². The summed E-state index contributed by atoms with van der Waals surface area (Å²) >= 11 is 0. The van der Waals surface area contributed by atoms with Crippen LogP contribution in [0.5, 0.6) is 0 Å². The Morgan fingerprint density at radius 1 is 1.33 bits per heavy atom. The highest BCUT2D eigenvalue weighted by molar-refractivity contribution is 5.03. The first-order chi connectivity index (χ1) is 7.38. The zero-order valence-electron chi connectivity index (χ0n) is 8.57. The lowest BCUT2D eigenvalue weighted by Crippen LogP contribution is -2.43. The Morgan fingerprint density at radius 3 is 2.93 bits per heavy atom. The first-order valence-electron chi connectivity index (χ1n) is 5.42. The Balaban J connectivity index is 1.72. The van der Waals surface area contributed by atoms with Gasteiger partial charge in [-0.2, -0.15) is 0 Å². The largest absolute Gasteiger partial charge is 0.464 e. The van der Waals surface area contributed by atoms with Crippen LogP contribution >= 0.6 is 0 Å². The van der Waals surface area contributed by atoms with Gasteiger partial charge in [-0.1, -0.05) is 0 Å². The highest BCUT2D eigenvalue weighted by Crippen LogP contribution is 2.38. The summed E-state index contributed by atoms with van der Waals surface area (Å²) in [5.41, 5.74) is -0.0806. The summed E-state index contributed by atoms with van der Waals surface area (Å²) in [5.74, 6) is 0.769. The minimum Gasteiger partial charge on any atom is -0.464 e. The minimum atomic E-state index is -0.307. The molecule has 0 saturated carbocycles. The van der Waals surface area contributed by atoms with E-state index in [-0.39, 0.29) is 11.9 Å². The minimum absolute atomic E-state index is 0.0806. The van der Waals surface area contributed by atoms with Crippen molar-refractivity contribution in [1.29, 1.82) is 0 Å². The Morgan fingerprint density at radius 2 is 2.20 bits per heavy atom. The number of piperidine rings is 1. The predicted octanol–water partition coefficient (Wildman–Crippen LogP) is 1.45. The lowest BCUT2D eigenvalue weighted by molar-refractivity contribution is -0.111. The average molecular weight is 209 g/mol. The molecule has 15 heavy (non-hydrogen) atoms. The van der Waals surface area contributed by atoms with Crippen molar-refractivity contribution in [2.45, 2.75) is 24.7 Å². The van der Waals surface area contributed by atoms with Crippen LogP contribution in [0.4, 0.5) is 0 Å². The maximum absolute atomic E-state index is 5.98. The van der Waals surface area contributed by atoms with E-state index in [4.69, 9.17) is 13.9 Å². The van der Waals surface area contributed by atoms with E-state index in [2.05, 4.69) is 5.32 Å². The third-order valence-electron chi connectivity index (χ3n) is 3.15. The molecule has 1 aromatic rings. The quantitative estimate of drug-likeness (QED) is 0.760. The van der Waals surface area contributed by atoms with E-state index >= 15 is 0 Å². The van der Waals surface area contributed by atoms with Crippen LogP contribution in [0.25, 0.3) is 0 Å². The second kappa shape index (κ2) is 3.63. The summed E-state index contributed by atoms with van der Waals surface area (Å²) in [4.78, 5) is 0. The van der Waals surface area contributed by atoms with Gasteiger partial charge in [-0.15, -0.1) is 0 Å². The SMILES string of the molecule is c1coc(C2OCC3(CCNCC3)O2)c1. The van der Waals surface area contributed by atoms with Gasteiger partial charge in [-0.3, -0.25) is 0 Å². The molecule has 1 atom stereocenters. The number of nitrogens with one attached hydrogen (secondary N) is 1. The van der Waals surface area contributed by atoms with E-state index < -0.39 is 0 Å². The van der Waals surface area contributed by atoms with Gasteiger partial charge in [0.25, 0.3) is 0 Å². The molecule has 0 radical (unpaired) electrons. The lowest BCUT2D eigenvalue weighted by atomic mass is 9.94. The number of rotatable bonds is 1. The van der Waals surface area contributed by atoms with Crippen LogP contribution in [-0.2, 0) is 9.47 Å². The fourth-order valence-corrected chi connectivity index (χ4v) is 2.23. The van der Waals surface area contributed by atoms with Crippen LogP contribution in [-0.4, -0.2) is 25.3 Å². The van der Waals surface area contributed by atoms with Gasteiger partial charge in [0.05, 0.1) is 18.5 Å². The Kier molecular flexibility index (Phi) is 2.27. The second-order valence-electron chi connectivity index (χ2n) is 4.21. The van der Waals surface area contributed by atoms with Crippen LogP contribution in [0.3, 0.4) is 0 Å². The summed E-state index contributed by atoms with van der Waals surface area (Å²) in [6.07, 6.45) is 3.38. The normalized spacial score (nSPS) is 29.7. The van der Waals surface area contributed by atoms with Gasteiger partial charge in [0.1, 0.15) is 0 Å². The Hall–Kier alpha value is -0.840. The van der Waals surface area contributed by atoms with Crippen molar-refractivity contribution in [3.05, 3.63) is 24.2 Å². The van der Waals surface area contributed by atoms with Gasteiger partial charge in [0.2, 0.25) is 6.29 Å². The lowest BCUT2D eigenvalue weighted by Gasteiger charge is -2.31. The molecule has 2 fully saturated rings. The Bertz CT molecular complexity index is 317. The van der Waals surface area contributed by atoms with Crippen molar-refractivity contribution in [1.82, 2.24) is 5.32 Å². The molecule has 1 aromatic heterocycles. The standard InChI is InChI=1S/C11H15NO3/c1-2-9(13-7-1)10-14-8-11(15-10)3-5-12-6-4-11/h1-2,7,10,12H,3-6,8H2. The van der Waals surface area contributed by atoms with Crippen molar-refractivity contribution in [2.24, 2.45) is 0 Å². The van der Waals surface area contributed by atoms with E-state index in [9.17, 15) is 0 Å². The second-order valence-corrected chi connectivity index (χ2v) is 4.21. The molecule has 4 heteroatoms. The van der Waals surface area contributed by atoms with Crippen molar-refractivity contribution in [3.63, 3.8) is 0 Å². The van der Waals surface area contributed by atoms with Gasteiger partial charge in [-0.05, 0) is 38.1 Å². The van der Waals surface area contributed by atoms with Crippen LogP contribution in [0.15, 0.2) is 22.8 Å². The van der Waals surface area contributed by atoms with Gasteiger partial charge in [0, 0.05) is 0 Å². The monoisotopic (exact) mass is 209 g/mol. The van der Waals surface area contributed by atoms with Crippen LogP contribution in [0.1, 0.15) is 24.9 Å². The number of hydrogen-bond donors (Lipinski definition) is 1. The zero-order chi connectivity index (χ0) is 10.1.